The maximum atomic E-state index is 10.0. The summed E-state index contributed by atoms with van der Waals surface area (Å²) in [5, 5.41) is 8.26. The molecule has 1 unspecified atom stereocenters. The van der Waals surface area contributed by atoms with Crippen LogP contribution in [0.3, 0.4) is 0 Å². The Balaban J connectivity index is 3.32. The van der Waals surface area contributed by atoms with Gasteiger partial charge in [-0.05, 0) is 6.42 Å². The van der Waals surface area contributed by atoms with Crippen molar-refractivity contribution in [2.75, 3.05) is 0 Å². The van der Waals surface area contributed by atoms with E-state index in [-0.39, 0.29) is 5.92 Å². The lowest BCUT2D eigenvalue weighted by atomic mass is 9.95. The zero-order chi connectivity index (χ0) is 6.57. The highest BCUT2D eigenvalue weighted by Gasteiger charge is 2.07. The first-order valence-electron chi connectivity index (χ1n) is 2.61. The number of carboxylic acid groups (broad SMARTS) is 1. The van der Waals surface area contributed by atoms with Crippen molar-refractivity contribution < 1.29 is 9.90 Å². The van der Waals surface area contributed by atoms with E-state index in [1.807, 2.05) is 0 Å². The van der Waals surface area contributed by atoms with E-state index in [1.165, 1.54) is 0 Å². The summed E-state index contributed by atoms with van der Waals surface area (Å²) in [4.78, 5) is 10.0. The first-order chi connectivity index (χ1) is 3.68. The van der Waals surface area contributed by atoms with E-state index < -0.39 is 5.97 Å². The lowest BCUT2D eigenvalue weighted by Gasteiger charge is -2.00. The fourth-order valence-corrected chi connectivity index (χ4v) is 0.373. The van der Waals surface area contributed by atoms with Gasteiger partial charge in [0.25, 0.3) is 0 Å². The van der Waals surface area contributed by atoms with Crippen LogP contribution >= 0.6 is 0 Å². The van der Waals surface area contributed by atoms with Crippen LogP contribution in [0.1, 0.15) is 13.3 Å². The third-order valence-electron chi connectivity index (χ3n) is 1.02. The van der Waals surface area contributed by atoms with Gasteiger partial charge in [0.05, 0.1) is 13.8 Å². The first kappa shape index (κ1) is 7.53. The summed E-state index contributed by atoms with van der Waals surface area (Å²) in [5.41, 5.74) is 0. The van der Waals surface area contributed by atoms with Gasteiger partial charge in [-0.2, -0.15) is 0 Å². The molecule has 0 spiro atoms. The lowest BCUT2D eigenvalue weighted by molar-refractivity contribution is -0.141. The predicted molar refractivity (Wildman–Crippen MR) is 32.0 cm³/mol. The van der Waals surface area contributed by atoms with Gasteiger partial charge in [-0.25, -0.2) is 0 Å². The SMILES string of the molecule is [B]CCC(C)C(=O)O. The number of rotatable bonds is 3. The van der Waals surface area contributed by atoms with Crippen molar-refractivity contribution in [1.29, 1.82) is 0 Å². The molecule has 0 fully saturated rings. The molecule has 8 heavy (non-hydrogen) atoms. The Labute approximate surface area is 50.3 Å². The zero-order valence-corrected chi connectivity index (χ0v) is 4.92. The van der Waals surface area contributed by atoms with Gasteiger partial charge in [0.15, 0.2) is 0 Å². The van der Waals surface area contributed by atoms with E-state index >= 15 is 0 Å². The highest BCUT2D eigenvalue weighted by molar-refractivity contribution is 6.08. The van der Waals surface area contributed by atoms with Crippen molar-refractivity contribution in [3.63, 3.8) is 0 Å². The number of carboxylic acids is 1. The van der Waals surface area contributed by atoms with Gasteiger partial charge >= 0.3 is 5.97 Å². The van der Waals surface area contributed by atoms with Crippen LogP contribution in [0.15, 0.2) is 0 Å². The molecular formula is C5H9BO2. The second-order valence-electron chi connectivity index (χ2n) is 1.82. The van der Waals surface area contributed by atoms with Crippen molar-refractivity contribution in [2.45, 2.75) is 19.7 Å². The minimum absolute atomic E-state index is 0.292. The van der Waals surface area contributed by atoms with Crippen molar-refractivity contribution >= 4 is 13.8 Å². The van der Waals surface area contributed by atoms with E-state index in [0.717, 1.165) is 0 Å². The molecule has 0 aliphatic heterocycles. The molecule has 2 radical (unpaired) electrons. The van der Waals surface area contributed by atoms with Crippen molar-refractivity contribution in [3.05, 3.63) is 0 Å². The van der Waals surface area contributed by atoms with Crippen LogP contribution in [-0.4, -0.2) is 18.9 Å². The van der Waals surface area contributed by atoms with E-state index in [9.17, 15) is 4.79 Å². The molecule has 0 saturated heterocycles. The molecule has 0 heterocycles. The summed E-state index contributed by atoms with van der Waals surface area (Å²) in [6.07, 6.45) is 1.02. The highest BCUT2D eigenvalue weighted by atomic mass is 16.4. The van der Waals surface area contributed by atoms with Gasteiger partial charge in [-0.3, -0.25) is 4.79 Å². The molecule has 2 nitrogen and oxygen atoms in total. The molecule has 0 bridgehead atoms. The van der Waals surface area contributed by atoms with Crippen LogP contribution in [0.2, 0.25) is 6.32 Å². The molecule has 1 N–H and O–H groups in total. The van der Waals surface area contributed by atoms with E-state index in [1.54, 1.807) is 6.92 Å². The standard InChI is InChI=1S/C5H9BO2/c1-4(2-3-6)5(7)8/h4H,2-3H2,1H3,(H,7,8). The maximum absolute atomic E-state index is 10.0. The van der Waals surface area contributed by atoms with Gasteiger partial charge in [0.2, 0.25) is 0 Å². The quantitative estimate of drug-likeness (QED) is 0.545. The Bertz CT molecular complexity index is 82.5. The normalized spacial score (nSPS) is 13.1. The van der Waals surface area contributed by atoms with Gasteiger partial charge in [-0.15, -0.1) is 0 Å². The second kappa shape index (κ2) is 3.53. The third kappa shape index (κ3) is 2.67. The average Bonchev–Trinajstić information content (AvgIpc) is 1.67. The average molecular weight is 112 g/mol. The smallest absolute Gasteiger partial charge is 0.306 e. The van der Waals surface area contributed by atoms with Crippen LogP contribution in [0.25, 0.3) is 0 Å². The summed E-state index contributed by atoms with van der Waals surface area (Å²) < 4.78 is 0. The Morgan fingerprint density at radius 3 is 2.50 bits per heavy atom. The van der Waals surface area contributed by atoms with Crippen LogP contribution in [0.5, 0.6) is 0 Å². The molecule has 3 heteroatoms. The van der Waals surface area contributed by atoms with Crippen LogP contribution in [0, 0.1) is 5.92 Å². The Kier molecular flexibility index (Phi) is 3.32. The minimum atomic E-state index is -0.768. The molecule has 0 aliphatic rings. The second-order valence-corrected chi connectivity index (χ2v) is 1.82. The number of hydrogen-bond acceptors (Lipinski definition) is 1. The van der Waals surface area contributed by atoms with E-state index in [4.69, 9.17) is 13.0 Å². The van der Waals surface area contributed by atoms with Crippen molar-refractivity contribution in [1.82, 2.24) is 0 Å². The summed E-state index contributed by atoms with van der Waals surface area (Å²) in [5.74, 6) is -1.06. The molecule has 44 valence electrons. The van der Waals surface area contributed by atoms with Crippen LogP contribution in [0.4, 0.5) is 0 Å². The fraction of sp³-hybridized carbons (Fsp3) is 0.800. The number of hydrogen-bond donors (Lipinski definition) is 1. The summed E-state index contributed by atoms with van der Waals surface area (Å²) in [6, 6.07) is 0. The third-order valence-corrected chi connectivity index (χ3v) is 1.02. The van der Waals surface area contributed by atoms with Crippen molar-refractivity contribution in [3.8, 4) is 0 Å². The van der Waals surface area contributed by atoms with E-state index in [0.29, 0.717) is 12.7 Å². The topological polar surface area (TPSA) is 37.3 Å². The molecular weight excluding hydrogens is 103 g/mol. The zero-order valence-electron chi connectivity index (χ0n) is 4.92. The molecule has 0 saturated carbocycles. The van der Waals surface area contributed by atoms with Gasteiger partial charge in [0, 0.05) is 0 Å². The monoisotopic (exact) mass is 112 g/mol. The first-order valence-corrected chi connectivity index (χ1v) is 2.61. The molecule has 1 atom stereocenters. The maximum Gasteiger partial charge on any atom is 0.306 e. The van der Waals surface area contributed by atoms with Crippen LogP contribution in [-0.2, 0) is 4.79 Å². The van der Waals surface area contributed by atoms with Crippen LogP contribution < -0.4 is 0 Å². The Morgan fingerprint density at radius 1 is 1.88 bits per heavy atom. The summed E-state index contributed by atoms with van der Waals surface area (Å²) >= 11 is 0. The number of aliphatic carboxylic acids is 1. The van der Waals surface area contributed by atoms with Crippen molar-refractivity contribution in [2.24, 2.45) is 5.92 Å². The van der Waals surface area contributed by atoms with Gasteiger partial charge < -0.3 is 5.11 Å². The fourth-order valence-electron chi connectivity index (χ4n) is 0.373. The summed E-state index contributed by atoms with van der Waals surface area (Å²) in [6.45, 7) is 1.65. The Hall–Kier alpha value is -0.465. The highest BCUT2D eigenvalue weighted by Crippen LogP contribution is 2.02. The van der Waals surface area contributed by atoms with E-state index in [2.05, 4.69) is 0 Å². The van der Waals surface area contributed by atoms with Gasteiger partial charge in [0.1, 0.15) is 0 Å². The summed E-state index contributed by atoms with van der Waals surface area (Å²) in [7, 11) is 5.10. The Morgan fingerprint density at radius 2 is 2.38 bits per heavy atom. The molecule has 0 aromatic heterocycles. The molecule has 0 aromatic rings. The number of carbonyl (C=O) groups is 1. The largest absolute Gasteiger partial charge is 0.481 e. The lowest BCUT2D eigenvalue weighted by Crippen LogP contribution is -2.08. The molecule has 0 aromatic carbocycles. The molecule has 0 aliphatic carbocycles. The van der Waals surface area contributed by atoms with Gasteiger partial charge in [-0.1, -0.05) is 13.2 Å². The molecule has 0 rings (SSSR count). The minimum Gasteiger partial charge on any atom is -0.481 e. The predicted octanol–water partition coefficient (Wildman–Crippen LogP) is 0.684. The molecule has 0 amide bonds.